The SMILES string of the molecule is CN=C/C(=C\N)Nc1ncnc(-c2ccc([C@@H](C)NC(=O)C3=C(C)CCC(C(C)(C)C)=NO3)c(C)c2Cl)n1. The zero-order valence-electron chi connectivity index (χ0n) is 22.9. The molecule has 10 nitrogen and oxygen atoms in total. The predicted octanol–water partition coefficient (Wildman–Crippen LogP) is 5.08. The van der Waals surface area contributed by atoms with E-state index in [-0.39, 0.29) is 23.1 Å². The lowest BCUT2D eigenvalue weighted by Gasteiger charge is -2.20. The lowest BCUT2D eigenvalue weighted by Crippen LogP contribution is -2.29. The molecule has 1 aromatic carbocycles. The van der Waals surface area contributed by atoms with E-state index in [1.54, 1.807) is 13.3 Å². The number of allylic oxidation sites excluding steroid dienone is 2. The number of nitrogens with zero attached hydrogens (tertiary/aromatic N) is 5. The molecule has 0 saturated heterocycles. The molecule has 1 aliphatic heterocycles. The van der Waals surface area contributed by atoms with E-state index in [2.05, 4.69) is 56.5 Å². The van der Waals surface area contributed by atoms with Crippen molar-refractivity contribution in [2.45, 2.75) is 60.4 Å². The van der Waals surface area contributed by atoms with Gasteiger partial charge in [-0.05, 0) is 56.4 Å². The van der Waals surface area contributed by atoms with E-state index in [9.17, 15) is 4.79 Å². The summed E-state index contributed by atoms with van der Waals surface area (Å²) in [6.45, 7) is 11.9. The van der Waals surface area contributed by atoms with E-state index in [1.807, 2.05) is 32.9 Å². The number of anilines is 1. The van der Waals surface area contributed by atoms with Crippen molar-refractivity contribution in [1.29, 1.82) is 0 Å². The number of aromatic nitrogens is 3. The van der Waals surface area contributed by atoms with Crippen LogP contribution in [0.2, 0.25) is 5.02 Å². The van der Waals surface area contributed by atoms with Gasteiger partial charge in [0.05, 0.1) is 22.5 Å². The minimum atomic E-state index is -0.339. The van der Waals surface area contributed by atoms with Crippen LogP contribution in [0.25, 0.3) is 11.4 Å². The fourth-order valence-electron chi connectivity index (χ4n) is 3.94. The Labute approximate surface area is 228 Å². The number of nitrogens with two attached hydrogens (primary N) is 1. The second-order valence-corrected chi connectivity index (χ2v) is 10.5. The highest BCUT2D eigenvalue weighted by atomic mass is 35.5. The Kier molecular flexibility index (Phi) is 9.22. The van der Waals surface area contributed by atoms with Gasteiger partial charge >= 0.3 is 0 Å². The summed E-state index contributed by atoms with van der Waals surface area (Å²) in [5, 5.41) is 10.8. The summed E-state index contributed by atoms with van der Waals surface area (Å²) in [5.41, 5.74) is 10.1. The van der Waals surface area contributed by atoms with E-state index in [0.29, 0.717) is 34.5 Å². The molecule has 1 aliphatic rings. The zero-order valence-corrected chi connectivity index (χ0v) is 23.6. The highest BCUT2D eigenvalue weighted by Crippen LogP contribution is 2.33. The number of carbonyl (C=O) groups is 1. The fraction of sp³-hybridized carbons (Fsp3) is 0.407. The molecule has 1 amide bonds. The van der Waals surface area contributed by atoms with Crippen LogP contribution in [-0.4, -0.2) is 39.8 Å². The van der Waals surface area contributed by atoms with E-state index in [1.165, 1.54) is 12.5 Å². The van der Waals surface area contributed by atoms with Gasteiger partial charge in [-0.1, -0.05) is 43.6 Å². The molecule has 1 atom stereocenters. The molecular formula is C27H35ClN8O2. The number of hydrogen-bond acceptors (Lipinski definition) is 9. The summed E-state index contributed by atoms with van der Waals surface area (Å²) in [6, 6.07) is 3.39. The maximum atomic E-state index is 13.1. The fourth-order valence-corrected chi connectivity index (χ4v) is 4.20. The van der Waals surface area contributed by atoms with Crippen LogP contribution in [0.15, 0.2) is 51.8 Å². The normalized spacial score (nSPS) is 15.6. The molecule has 0 aliphatic carbocycles. The van der Waals surface area contributed by atoms with Gasteiger partial charge in [0.25, 0.3) is 5.91 Å². The van der Waals surface area contributed by atoms with E-state index in [0.717, 1.165) is 28.8 Å². The molecule has 2 heterocycles. The van der Waals surface area contributed by atoms with Crippen LogP contribution < -0.4 is 16.4 Å². The number of hydrogen-bond donors (Lipinski definition) is 3. The Balaban J connectivity index is 1.81. The van der Waals surface area contributed by atoms with Crippen LogP contribution >= 0.6 is 11.6 Å². The number of aliphatic imine (C=N–C) groups is 1. The van der Waals surface area contributed by atoms with E-state index >= 15 is 0 Å². The first-order valence-electron chi connectivity index (χ1n) is 12.3. The van der Waals surface area contributed by atoms with Gasteiger partial charge in [-0.15, -0.1) is 0 Å². The smallest absolute Gasteiger partial charge is 0.290 e. The molecule has 38 heavy (non-hydrogen) atoms. The topological polar surface area (TPSA) is 140 Å². The van der Waals surface area contributed by atoms with Crippen molar-refractivity contribution < 1.29 is 9.63 Å². The van der Waals surface area contributed by atoms with Crippen molar-refractivity contribution >= 4 is 35.4 Å². The van der Waals surface area contributed by atoms with E-state index in [4.69, 9.17) is 22.2 Å². The Bertz CT molecular complexity index is 1320. The van der Waals surface area contributed by atoms with Crippen LogP contribution in [-0.2, 0) is 9.63 Å². The average Bonchev–Trinajstić information content (AvgIpc) is 3.07. The summed E-state index contributed by atoms with van der Waals surface area (Å²) in [7, 11) is 1.63. The number of oxime groups is 1. The number of nitrogens with one attached hydrogen (secondary N) is 2. The van der Waals surface area contributed by atoms with Crippen molar-refractivity contribution in [2.75, 3.05) is 12.4 Å². The van der Waals surface area contributed by atoms with Crippen LogP contribution in [0, 0.1) is 12.3 Å². The Morgan fingerprint density at radius 3 is 2.63 bits per heavy atom. The number of carbonyl (C=O) groups excluding carboxylic acids is 1. The van der Waals surface area contributed by atoms with Crippen molar-refractivity contribution in [3.8, 4) is 11.4 Å². The van der Waals surface area contributed by atoms with Gasteiger partial charge < -0.3 is 21.2 Å². The third kappa shape index (κ3) is 6.74. The number of benzene rings is 1. The first-order valence-corrected chi connectivity index (χ1v) is 12.7. The van der Waals surface area contributed by atoms with Crippen molar-refractivity contribution in [3.05, 3.63) is 57.8 Å². The number of rotatable bonds is 7. The monoisotopic (exact) mass is 538 g/mol. The highest BCUT2D eigenvalue weighted by Gasteiger charge is 2.26. The molecular weight excluding hydrogens is 504 g/mol. The lowest BCUT2D eigenvalue weighted by atomic mass is 9.86. The molecule has 2 aromatic rings. The van der Waals surface area contributed by atoms with Crippen LogP contribution in [0.1, 0.15) is 64.6 Å². The molecule has 0 radical (unpaired) electrons. The number of halogens is 1. The van der Waals surface area contributed by atoms with Crippen molar-refractivity contribution in [3.63, 3.8) is 0 Å². The quantitative estimate of drug-likeness (QED) is 0.418. The molecule has 3 rings (SSSR count). The average molecular weight is 539 g/mol. The highest BCUT2D eigenvalue weighted by molar-refractivity contribution is 6.34. The van der Waals surface area contributed by atoms with Gasteiger partial charge in [-0.25, -0.2) is 9.97 Å². The van der Waals surface area contributed by atoms with Gasteiger partial charge in [0.1, 0.15) is 6.33 Å². The molecule has 0 unspecified atom stereocenters. The molecule has 0 spiro atoms. The van der Waals surface area contributed by atoms with Crippen LogP contribution in [0.5, 0.6) is 0 Å². The van der Waals surface area contributed by atoms with Crippen LogP contribution in [0.4, 0.5) is 5.95 Å². The molecule has 0 saturated carbocycles. The van der Waals surface area contributed by atoms with Gasteiger partial charge in [0.2, 0.25) is 11.7 Å². The number of amides is 1. The standard InChI is InChI=1S/C27H35ClN8O2/c1-15-8-11-21(27(4,5)6)36-38-23(15)25(37)33-17(3)19-9-10-20(22(28)16(19)2)24-31-14-32-26(35-24)34-18(12-29)13-30-7/h9-10,12-14,17H,8,11,29H2,1-7H3,(H,33,37)(H,31,32,34,35)/b18-12+,30-13?/t17-/m1/s1. The molecule has 0 bridgehead atoms. The summed E-state index contributed by atoms with van der Waals surface area (Å²) in [5.74, 6) is 0.611. The predicted molar refractivity (Wildman–Crippen MR) is 152 cm³/mol. The summed E-state index contributed by atoms with van der Waals surface area (Å²) in [4.78, 5) is 35.6. The molecule has 11 heteroatoms. The van der Waals surface area contributed by atoms with Crippen molar-refractivity contribution in [1.82, 2.24) is 20.3 Å². The van der Waals surface area contributed by atoms with Gasteiger partial charge in [-0.3, -0.25) is 9.79 Å². The maximum Gasteiger partial charge on any atom is 0.290 e. The van der Waals surface area contributed by atoms with Gasteiger partial charge in [0, 0.05) is 30.4 Å². The summed E-state index contributed by atoms with van der Waals surface area (Å²) in [6.07, 6.45) is 5.77. The van der Waals surface area contributed by atoms with E-state index < -0.39 is 0 Å². The van der Waals surface area contributed by atoms with Crippen LogP contribution in [0.3, 0.4) is 0 Å². The minimum Gasteiger partial charge on any atom is -0.403 e. The molecule has 0 fully saturated rings. The van der Waals surface area contributed by atoms with Crippen molar-refractivity contribution in [2.24, 2.45) is 21.3 Å². The summed E-state index contributed by atoms with van der Waals surface area (Å²) < 4.78 is 0. The third-order valence-electron chi connectivity index (χ3n) is 6.20. The molecule has 1 aromatic heterocycles. The second-order valence-electron chi connectivity index (χ2n) is 10.1. The van der Waals surface area contributed by atoms with Gasteiger partial charge in [0.15, 0.2) is 5.82 Å². The first-order chi connectivity index (χ1) is 18.0. The third-order valence-corrected chi connectivity index (χ3v) is 6.69. The largest absolute Gasteiger partial charge is 0.403 e. The summed E-state index contributed by atoms with van der Waals surface area (Å²) >= 11 is 6.76. The Morgan fingerprint density at radius 1 is 1.24 bits per heavy atom. The Morgan fingerprint density at radius 2 is 1.97 bits per heavy atom. The Hall–Kier alpha value is -3.79. The second kappa shape index (κ2) is 12.2. The maximum absolute atomic E-state index is 13.1. The minimum absolute atomic E-state index is 0.127. The lowest BCUT2D eigenvalue weighted by molar-refractivity contribution is -0.121. The zero-order chi connectivity index (χ0) is 28.0. The molecule has 4 N–H and O–H groups in total. The molecule has 202 valence electrons. The first kappa shape index (κ1) is 28.8. The van der Waals surface area contributed by atoms with Gasteiger partial charge in [-0.2, -0.15) is 4.98 Å².